The van der Waals surface area contributed by atoms with E-state index in [1.165, 1.54) is 4.88 Å². The van der Waals surface area contributed by atoms with Gasteiger partial charge in [-0.1, -0.05) is 11.6 Å². The molecule has 0 amide bonds. The molecular weight excluding hydrogens is 290 g/mol. The molecule has 2 rings (SSSR count). The highest BCUT2D eigenvalue weighted by Gasteiger charge is 2.09. The van der Waals surface area contributed by atoms with Gasteiger partial charge in [0.1, 0.15) is 0 Å². The summed E-state index contributed by atoms with van der Waals surface area (Å²) in [6.45, 7) is 2.06. The predicted octanol–water partition coefficient (Wildman–Crippen LogP) is 4.60. The van der Waals surface area contributed by atoms with Crippen LogP contribution in [0.1, 0.15) is 4.88 Å². The number of thiophene rings is 1. The summed E-state index contributed by atoms with van der Waals surface area (Å²) in [5.41, 5.74) is 1.04. The van der Waals surface area contributed by atoms with E-state index in [-0.39, 0.29) is 0 Å². The first-order valence-electron chi connectivity index (χ1n) is 3.55. The Hall–Kier alpha value is 0.1000. The van der Waals surface area contributed by atoms with Gasteiger partial charge in [-0.2, -0.15) is 0 Å². The fourth-order valence-electron chi connectivity index (χ4n) is 1.03. The molecule has 0 bridgehead atoms. The Labute approximate surface area is 97.5 Å². The van der Waals surface area contributed by atoms with E-state index in [1.807, 2.05) is 12.1 Å². The third-order valence-corrected chi connectivity index (χ3v) is 4.24. The van der Waals surface area contributed by atoms with Crippen LogP contribution in [0.15, 0.2) is 16.0 Å². The quantitative estimate of drug-likeness (QED) is 0.749. The zero-order valence-corrected chi connectivity index (χ0v) is 10.6. The average molecular weight is 295 g/mol. The van der Waals surface area contributed by atoms with Crippen LogP contribution in [-0.4, -0.2) is 4.98 Å². The Morgan fingerprint density at radius 3 is 2.62 bits per heavy atom. The average Bonchev–Trinajstić information content (AvgIpc) is 2.58. The lowest BCUT2D eigenvalue weighted by Gasteiger charge is -1.90. The summed E-state index contributed by atoms with van der Waals surface area (Å²) < 4.78 is 1.73. The lowest BCUT2D eigenvalue weighted by molar-refractivity contribution is 1.36. The first kappa shape index (κ1) is 9.65. The van der Waals surface area contributed by atoms with Crippen LogP contribution in [0.2, 0.25) is 4.34 Å². The molecule has 0 atom stereocenters. The third-order valence-electron chi connectivity index (χ3n) is 1.58. The van der Waals surface area contributed by atoms with Crippen LogP contribution >= 0.6 is 50.2 Å². The van der Waals surface area contributed by atoms with Crippen molar-refractivity contribution in [3.05, 3.63) is 25.3 Å². The van der Waals surface area contributed by atoms with E-state index in [4.69, 9.17) is 11.6 Å². The Morgan fingerprint density at radius 1 is 1.38 bits per heavy atom. The Kier molecular flexibility index (Phi) is 2.74. The largest absolute Gasteiger partial charge is 0.228 e. The number of aromatic nitrogens is 1. The first-order valence-corrected chi connectivity index (χ1v) is 6.36. The minimum Gasteiger partial charge on any atom is -0.228 e. The number of nitrogens with zero attached hydrogens (tertiary/aromatic N) is 1. The highest BCUT2D eigenvalue weighted by atomic mass is 79.9. The van der Waals surface area contributed by atoms with Crippen molar-refractivity contribution in [3.8, 4) is 10.6 Å². The van der Waals surface area contributed by atoms with Crippen LogP contribution in [0.25, 0.3) is 10.6 Å². The molecule has 2 heterocycles. The van der Waals surface area contributed by atoms with Crippen molar-refractivity contribution in [1.29, 1.82) is 0 Å². The van der Waals surface area contributed by atoms with Crippen LogP contribution in [0, 0.1) is 6.92 Å². The maximum Gasteiger partial charge on any atom is 0.160 e. The second-order valence-electron chi connectivity index (χ2n) is 2.48. The van der Waals surface area contributed by atoms with Crippen molar-refractivity contribution in [3.63, 3.8) is 0 Å². The van der Waals surface area contributed by atoms with Gasteiger partial charge >= 0.3 is 0 Å². The maximum absolute atomic E-state index is 5.85. The first-order chi connectivity index (χ1) is 6.16. The van der Waals surface area contributed by atoms with Crippen LogP contribution in [0.4, 0.5) is 0 Å². The van der Waals surface area contributed by atoms with Crippen molar-refractivity contribution in [2.24, 2.45) is 0 Å². The van der Waals surface area contributed by atoms with Gasteiger partial charge in [0.05, 0.1) is 14.9 Å². The molecule has 0 radical (unpaired) electrons. The second kappa shape index (κ2) is 3.69. The van der Waals surface area contributed by atoms with E-state index < -0.39 is 0 Å². The number of halogens is 2. The minimum absolute atomic E-state index is 0.804. The molecule has 0 N–H and O–H groups in total. The number of thiazole rings is 1. The molecule has 0 saturated carbocycles. The van der Waals surface area contributed by atoms with Crippen LogP contribution in [0.3, 0.4) is 0 Å². The van der Waals surface area contributed by atoms with Gasteiger partial charge < -0.3 is 0 Å². The smallest absolute Gasteiger partial charge is 0.160 e. The summed E-state index contributed by atoms with van der Waals surface area (Å²) in [4.78, 5) is 6.72. The molecule has 0 aromatic carbocycles. The van der Waals surface area contributed by atoms with Crippen LogP contribution < -0.4 is 0 Å². The van der Waals surface area contributed by atoms with E-state index in [0.29, 0.717) is 0 Å². The van der Waals surface area contributed by atoms with E-state index in [2.05, 4.69) is 27.8 Å². The Bertz CT molecular complexity index is 435. The van der Waals surface area contributed by atoms with Gasteiger partial charge in [0.2, 0.25) is 0 Å². The molecule has 2 aromatic rings. The standard InChI is InChI=1S/C8H5BrClNS2/c1-4-7(11-8(9)12-4)5-2-3-6(10)13-5/h2-3H,1H3. The zero-order valence-electron chi connectivity index (χ0n) is 6.67. The molecule has 68 valence electrons. The van der Waals surface area contributed by atoms with Crippen molar-refractivity contribution in [2.45, 2.75) is 6.92 Å². The SMILES string of the molecule is Cc1sc(Br)nc1-c1ccc(Cl)s1. The van der Waals surface area contributed by atoms with E-state index in [9.17, 15) is 0 Å². The lowest BCUT2D eigenvalue weighted by Crippen LogP contribution is -1.73. The van der Waals surface area contributed by atoms with Crippen molar-refractivity contribution in [1.82, 2.24) is 4.98 Å². The predicted molar refractivity (Wildman–Crippen MR) is 62.9 cm³/mol. The highest BCUT2D eigenvalue weighted by molar-refractivity contribution is 9.11. The molecule has 0 unspecified atom stereocenters. The summed E-state index contributed by atoms with van der Waals surface area (Å²) in [7, 11) is 0. The molecule has 5 heteroatoms. The summed E-state index contributed by atoms with van der Waals surface area (Å²) in [6, 6.07) is 3.90. The van der Waals surface area contributed by atoms with Crippen molar-refractivity contribution >= 4 is 50.2 Å². The molecule has 0 aliphatic rings. The van der Waals surface area contributed by atoms with Crippen LogP contribution in [0.5, 0.6) is 0 Å². The normalized spacial score (nSPS) is 10.7. The number of hydrogen-bond acceptors (Lipinski definition) is 3. The summed E-state index contributed by atoms with van der Waals surface area (Å²) in [6.07, 6.45) is 0. The summed E-state index contributed by atoms with van der Waals surface area (Å²) in [5.74, 6) is 0. The Balaban J connectivity index is 2.51. The van der Waals surface area contributed by atoms with E-state index in [0.717, 1.165) is 18.8 Å². The number of rotatable bonds is 1. The number of aryl methyl sites for hydroxylation is 1. The molecule has 0 fully saturated rings. The molecule has 2 aromatic heterocycles. The third kappa shape index (κ3) is 1.96. The van der Waals surface area contributed by atoms with Gasteiger partial charge in [0, 0.05) is 4.88 Å². The zero-order chi connectivity index (χ0) is 9.42. The van der Waals surface area contributed by atoms with Gasteiger partial charge in [-0.05, 0) is 35.0 Å². The summed E-state index contributed by atoms with van der Waals surface area (Å²) >= 11 is 12.4. The summed E-state index contributed by atoms with van der Waals surface area (Å²) in [5, 5.41) is 0. The molecular formula is C8H5BrClNS2. The minimum atomic E-state index is 0.804. The van der Waals surface area contributed by atoms with Gasteiger partial charge in [-0.3, -0.25) is 0 Å². The Morgan fingerprint density at radius 2 is 2.15 bits per heavy atom. The molecule has 0 aliphatic carbocycles. The fourth-order valence-corrected chi connectivity index (χ4v) is 3.74. The number of hydrogen-bond donors (Lipinski definition) is 0. The van der Waals surface area contributed by atoms with E-state index >= 15 is 0 Å². The molecule has 13 heavy (non-hydrogen) atoms. The lowest BCUT2D eigenvalue weighted by atomic mass is 10.3. The molecule has 1 nitrogen and oxygen atoms in total. The maximum atomic E-state index is 5.85. The van der Waals surface area contributed by atoms with Crippen LogP contribution in [-0.2, 0) is 0 Å². The second-order valence-corrected chi connectivity index (χ2v) is 6.67. The van der Waals surface area contributed by atoms with Gasteiger partial charge in [-0.15, -0.1) is 22.7 Å². The van der Waals surface area contributed by atoms with Crippen molar-refractivity contribution in [2.75, 3.05) is 0 Å². The van der Waals surface area contributed by atoms with Gasteiger partial charge in [0.15, 0.2) is 3.92 Å². The van der Waals surface area contributed by atoms with Crippen molar-refractivity contribution < 1.29 is 0 Å². The fraction of sp³-hybridized carbons (Fsp3) is 0.125. The molecule has 0 spiro atoms. The van der Waals surface area contributed by atoms with Gasteiger partial charge in [-0.25, -0.2) is 4.98 Å². The topological polar surface area (TPSA) is 12.9 Å². The van der Waals surface area contributed by atoms with E-state index in [1.54, 1.807) is 22.7 Å². The highest BCUT2D eigenvalue weighted by Crippen LogP contribution is 2.35. The molecule has 0 saturated heterocycles. The monoisotopic (exact) mass is 293 g/mol. The van der Waals surface area contributed by atoms with Gasteiger partial charge in [0.25, 0.3) is 0 Å². The molecule has 0 aliphatic heterocycles.